The molecule has 17 heavy (non-hydrogen) atoms. The molecule has 0 saturated carbocycles. The van der Waals surface area contributed by atoms with Crippen molar-refractivity contribution in [2.24, 2.45) is 0 Å². The van der Waals surface area contributed by atoms with Crippen molar-refractivity contribution in [3.05, 3.63) is 35.4 Å². The Bertz CT molecular complexity index is 395. The van der Waals surface area contributed by atoms with Gasteiger partial charge < -0.3 is 10.0 Å². The molecule has 0 aliphatic carbocycles. The van der Waals surface area contributed by atoms with Gasteiger partial charge in [0.05, 0.1) is 6.10 Å². The van der Waals surface area contributed by atoms with Crippen LogP contribution in [-0.2, 0) is 0 Å². The van der Waals surface area contributed by atoms with Gasteiger partial charge in [0.15, 0.2) is 11.6 Å². The summed E-state index contributed by atoms with van der Waals surface area (Å²) in [6.07, 6.45) is -0.449. The number of aliphatic hydroxyl groups is 1. The smallest absolute Gasteiger partial charge is 0.164 e. The summed E-state index contributed by atoms with van der Waals surface area (Å²) in [7, 11) is 3.62. The standard InChI is InChI=1S/C13H19F2NO/c1-5-13(2,16(3)4)12(17)9-7-6-8-10(14)11(9)15/h6-8,12,17H,5H2,1-4H3. The van der Waals surface area contributed by atoms with Gasteiger partial charge in [0.2, 0.25) is 0 Å². The minimum Gasteiger partial charge on any atom is -0.386 e. The monoisotopic (exact) mass is 243 g/mol. The van der Waals surface area contributed by atoms with Crippen molar-refractivity contribution in [1.29, 1.82) is 0 Å². The lowest BCUT2D eigenvalue weighted by molar-refractivity contribution is -0.00152. The van der Waals surface area contributed by atoms with E-state index in [2.05, 4.69) is 0 Å². The zero-order chi connectivity index (χ0) is 13.2. The predicted molar refractivity (Wildman–Crippen MR) is 63.7 cm³/mol. The maximum atomic E-state index is 13.6. The van der Waals surface area contributed by atoms with Gasteiger partial charge >= 0.3 is 0 Å². The normalized spacial score (nSPS) is 16.9. The van der Waals surface area contributed by atoms with Crippen molar-refractivity contribution < 1.29 is 13.9 Å². The fourth-order valence-electron chi connectivity index (χ4n) is 1.82. The Morgan fingerprint density at radius 1 is 1.35 bits per heavy atom. The van der Waals surface area contributed by atoms with E-state index in [9.17, 15) is 13.9 Å². The average molecular weight is 243 g/mol. The van der Waals surface area contributed by atoms with Crippen molar-refractivity contribution in [2.75, 3.05) is 14.1 Å². The van der Waals surface area contributed by atoms with E-state index in [4.69, 9.17) is 0 Å². The molecule has 0 aliphatic heterocycles. The summed E-state index contributed by atoms with van der Waals surface area (Å²) >= 11 is 0. The minimum atomic E-state index is -1.07. The molecule has 0 aromatic heterocycles. The summed E-state index contributed by atoms with van der Waals surface area (Å²) in [6, 6.07) is 3.87. The van der Waals surface area contributed by atoms with E-state index < -0.39 is 23.3 Å². The second-order valence-electron chi connectivity index (χ2n) is 4.65. The van der Waals surface area contributed by atoms with Crippen LogP contribution in [0.25, 0.3) is 0 Å². The zero-order valence-corrected chi connectivity index (χ0v) is 10.7. The molecule has 0 heterocycles. The molecule has 1 rings (SSSR count). The first kappa shape index (κ1) is 14.1. The van der Waals surface area contributed by atoms with E-state index >= 15 is 0 Å². The number of nitrogens with zero attached hydrogens (tertiary/aromatic N) is 1. The Hall–Kier alpha value is -1.00. The van der Waals surface area contributed by atoms with E-state index in [-0.39, 0.29) is 5.56 Å². The molecule has 0 spiro atoms. The quantitative estimate of drug-likeness (QED) is 0.879. The molecule has 96 valence electrons. The Labute approximate surface area is 101 Å². The van der Waals surface area contributed by atoms with Crippen LogP contribution in [0.15, 0.2) is 18.2 Å². The fraction of sp³-hybridized carbons (Fsp3) is 0.538. The topological polar surface area (TPSA) is 23.5 Å². The highest BCUT2D eigenvalue weighted by Gasteiger charge is 2.36. The molecule has 2 atom stereocenters. The van der Waals surface area contributed by atoms with Crippen LogP contribution < -0.4 is 0 Å². The number of benzene rings is 1. The van der Waals surface area contributed by atoms with E-state index in [1.54, 1.807) is 0 Å². The van der Waals surface area contributed by atoms with Gasteiger partial charge in [0.25, 0.3) is 0 Å². The second-order valence-corrected chi connectivity index (χ2v) is 4.65. The number of hydrogen-bond acceptors (Lipinski definition) is 2. The van der Waals surface area contributed by atoms with Gasteiger partial charge in [-0.05, 0) is 33.5 Å². The Balaban J connectivity index is 3.19. The van der Waals surface area contributed by atoms with Gasteiger partial charge in [0, 0.05) is 11.1 Å². The molecule has 0 saturated heterocycles. The Kier molecular flexibility index (Phi) is 4.22. The van der Waals surface area contributed by atoms with Crippen LogP contribution in [0.2, 0.25) is 0 Å². The third-order valence-electron chi connectivity index (χ3n) is 3.60. The van der Waals surface area contributed by atoms with Gasteiger partial charge in [0.1, 0.15) is 0 Å². The minimum absolute atomic E-state index is 0.00282. The van der Waals surface area contributed by atoms with Crippen LogP contribution in [0.1, 0.15) is 31.9 Å². The SMILES string of the molecule is CCC(C)(C(O)c1cccc(F)c1F)N(C)C. The van der Waals surface area contributed by atoms with Crippen LogP contribution in [0.4, 0.5) is 8.78 Å². The van der Waals surface area contributed by atoms with Crippen molar-refractivity contribution in [3.8, 4) is 0 Å². The maximum Gasteiger partial charge on any atom is 0.164 e. The average Bonchev–Trinajstić information content (AvgIpc) is 2.30. The first-order valence-electron chi connectivity index (χ1n) is 5.64. The predicted octanol–water partition coefficient (Wildman–Crippen LogP) is 2.73. The summed E-state index contributed by atoms with van der Waals surface area (Å²) in [5.41, 5.74) is -0.627. The molecule has 0 aliphatic rings. The fourth-order valence-corrected chi connectivity index (χ4v) is 1.82. The van der Waals surface area contributed by atoms with Crippen LogP contribution >= 0.6 is 0 Å². The van der Waals surface area contributed by atoms with Gasteiger partial charge in [-0.3, -0.25) is 0 Å². The molecule has 4 heteroatoms. The molecule has 0 fully saturated rings. The number of aliphatic hydroxyl groups excluding tert-OH is 1. The summed E-state index contributed by atoms with van der Waals surface area (Å²) in [5.74, 6) is -1.90. The largest absolute Gasteiger partial charge is 0.386 e. The number of halogens is 2. The second kappa shape index (κ2) is 5.10. The van der Waals surface area contributed by atoms with Crippen molar-refractivity contribution in [2.45, 2.75) is 31.9 Å². The molecule has 1 aromatic rings. The van der Waals surface area contributed by atoms with Crippen LogP contribution in [0.5, 0.6) is 0 Å². The highest BCUT2D eigenvalue weighted by Crippen LogP contribution is 2.34. The van der Waals surface area contributed by atoms with E-state index in [0.29, 0.717) is 6.42 Å². The van der Waals surface area contributed by atoms with E-state index in [1.165, 1.54) is 12.1 Å². The summed E-state index contributed by atoms with van der Waals surface area (Å²) in [4.78, 5) is 1.82. The third-order valence-corrected chi connectivity index (χ3v) is 3.60. The first-order valence-corrected chi connectivity index (χ1v) is 5.64. The highest BCUT2D eigenvalue weighted by molar-refractivity contribution is 5.24. The number of likely N-dealkylation sites (N-methyl/N-ethyl adjacent to an activating group) is 1. The lowest BCUT2D eigenvalue weighted by Gasteiger charge is -2.40. The molecule has 2 nitrogen and oxygen atoms in total. The van der Waals surface area contributed by atoms with Gasteiger partial charge in [-0.2, -0.15) is 0 Å². The summed E-state index contributed by atoms with van der Waals surface area (Å²) in [5, 5.41) is 10.3. The third kappa shape index (κ3) is 2.48. The molecule has 2 unspecified atom stereocenters. The molecular formula is C13H19F2NO. The zero-order valence-electron chi connectivity index (χ0n) is 10.7. The number of rotatable bonds is 4. The highest BCUT2D eigenvalue weighted by atomic mass is 19.2. The number of hydrogen-bond donors (Lipinski definition) is 1. The lowest BCUT2D eigenvalue weighted by atomic mass is 9.85. The Morgan fingerprint density at radius 3 is 2.41 bits per heavy atom. The van der Waals surface area contributed by atoms with Crippen LogP contribution in [0, 0.1) is 11.6 Å². The van der Waals surface area contributed by atoms with Gasteiger partial charge in [-0.15, -0.1) is 0 Å². The van der Waals surface area contributed by atoms with Crippen LogP contribution in [-0.4, -0.2) is 29.6 Å². The Morgan fingerprint density at radius 2 is 1.94 bits per heavy atom. The van der Waals surface area contributed by atoms with E-state index in [0.717, 1.165) is 6.07 Å². The molecule has 1 N–H and O–H groups in total. The van der Waals surface area contributed by atoms with Gasteiger partial charge in [-0.25, -0.2) is 8.78 Å². The summed E-state index contributed by atoms with van der Waals surface area (Å²) in [6.45, 7) is 3.72. The van der Waals surface area contributed by atoms with E-state index in [1.807, 2.05) is 32.8 Å². The maximum absolute atomic E-state index is 13.6. The summed E-state index contributed by atoms with van der Waals surface area (Å²) < 4.78 is 26.8. The molecule has 0 bridgehead atoms. The molecule has 0 radical (unpaired) electrons. The lowest BCUT2D eigenvalue weighted by Crippen LogP contribution is -2.46. The first-order chi connectivity index (χ1) is 7.84. The van der Waals surface area contributed by atoms with Crippen molar-refractivity contribution in [3.63, 3.8) is 0 Å². The molecular weight excluding hydrogens is 224 g/mol. The van der Waals surface area contributed by atoms with Gasteiger partial charge in [-0.1, -0.05) is 19.1 Å². The van der Waals surface area contributed by atoms with Crippen LogP contribution in [0.3, 0.4) is 0 Å². The van der Waals surface area contributed by atoms with Crippen molar-refractivity contribution >= 4 is 0 Å². The molecule has 0 amide bonds. The van der Waals surface area contributed by atoms with Crippen molar-refractivity contribution in [1.82, 2.24) is 4.90 Å². The molecule has 1 aromatic carbocycles.